The van der Waals surface area contributed by atoms with Crippen molar-refractivity contribution in [1.82, 2.24) is 0 Å². The topological polar surface area (TPSA) is 40.5 Å². The van der Waals surface area contributed by atoms with Gasteiger partial charge in [0.1, 0.15) is 18.0 Å². The normalized spacial score (nSPS) is 20.2. The summed E-state index contributed by atoms with van der Waals surface area (Å²) in [5, 5.41) is 24.1. The van der Waals surface area contributed by atoms with Gasteiger partial charge < -0.3 is 10.2 Å². The first-order valence-electron chi connectivity index (χ1n) is 7.68. The Labute approximate surface area is 133 Å². The summed E-state index contributed by atoms with van der Waals surface area (Å²) >= 11 is 0. The van der Waals surface area contributed by atoms with Crippen LogP contribution < -0.4 is 0 Å². The van der Waals surface area contributed by atoms with Crippen LogP contribution in [0.5, 0.6) is 0 Å². The zero-order chi connectivity index (χ0) is 16.3. The Morgan fingerprint density at radius 2 is 1.65 bits per heavy atom. The van der Waals surface area contributed by atoms with E-state index in [4.69, 9.17) is 0 Å². The first-order valence-corrected chi connectivity index (χ1v) is 7.68. The van der Waals surface area contributed by atoms with Crippen LogP contribution in [0, 0.1) is 19.7 Å². The molecule has 4 rings (SSSR count). The Kier molecular flexibility index (Phi) is 3.05. The molecule has 0 fully saturated rings. The van der Waals surface area contributed by atoms with Gasteiger partial charge in [0, 0.05) is 0 Å². The lowest BCUT2D eigenvalue weighted by Crippen LogP contribution is -2.19. The number of hydrogen-bond acceptors (Lipinski definition) is 2. The number of aryl methyl sites for hydroxylation is 2. The highest BCUT2D eigenvalue weighted by Crippen LogP contribution is 2.39. The molecule has 3 heteroatoms. The zero-order valence-electron chi connectivity index (χ0n) is 13.0. The van der Waals surface area contributed by atoms with Gasteiger partial charge in [-0.1, -0.05) is 30.4 Å². The monoisotopic (exact) mass is 308 g/mol. The molecule has 2 atom stereocenters. The molecule has 0 spiro atoms. The number of aliphatic hydroxyl groups is 2. The van der Waals surface area contributed by atoms with Gasteiger partial charge >= 0.3 is 0 Å². The summed E-state index contributed by atoms with van der Waals surface area (Å²) < 4.78 is 13.7. The highest BCUT2D eigenvalue weighted by atomic mass is 19.1. The molecule has 0 saturated heterocycles. The predicted octanol–water partition coefficient (Wildman–Crippen LogP) is 4.17. The molecule has 116 valence electrons. The molecular weight excluding hydrogens is 291 g/mol. The van der Waals surface area contributed by atoms with E-state index in [-0.39, 0.29) is 5.82 Å². The van der Waals surface area contributed by atoms with Gasteiger partial charge in [0.25, 0.3) is 0 Å². The second-order valence-electron chi connectivity index (χ2n) is 6.23. The van der Waals surface area contributed by atoms with Gasteiger partial charge in [0.05, 0.1) is 0 Å². The standard InChI is InChI=1S/C20H17FO2/c1-10-13-4-3-12(21)9-17(13)11(2)19-14(10)5-6-16-15(19)7-8-18(22)20(16)23/h3-9,18,20,22-23H,1-2H3/t18-,20-/m0/s1. The fraction of sp³-hybridized carbons (Fsp3) is 0.200. The number of benzene rings is 3. The Bertz CT molecular complexity index is 988. The maximum atomic E-state index is 13.7. The van der Waals surface area contributed by atoms with Gasteiger partial charge in [-0.15, -0.1) is 0 Å². The molecule has 3 aromatic carbocycles. The smallest absolute Gasteiger partial charge is 0.123 e. The molecule has 1 aliphatic carbocycles. The maximum Gasteiger partial charge on any atom is 0.123 e. The minimum absolute atomic E-state index is 0.254. The lowest BCUT2D eigenvalue weighted by atomic mass is 9.84. The fourth-order valence-electron chi connectivity index (χ4n) is 3.71. The molecule has 2 nitrogen and oxygen atoms in total. The molecule has 0 bridgehead atoms. The van der Waals surface area contributed by atoms with Gasteiger partial charge in [-0.2, -0.15) is 0 Å². The molecule has 3 aromatic rings. The minimum atomic E-state index is -0.928. The summed E-state index contributed by atoms with van der Waals surface area (Å²) in [6.45, 7) is 4.02. The van der Waals surface area contributed by atoms with Gasteiger partial charge in [0.2, 0.25) is 0 Å². The fourth-order valence-corrected chi connectivity index (χ4v) is 3.71. The SMILES string of the molecule is Cc1c2ccc(F)cc2c(C)c2c3c(ccc12)[C@H](O)[C@@H](O)C=C3. The molecule has 1 aliphatic rings. The third-order valence-corrected chi connectivity index (χ3v) is 4.95. The Morgan fingerprint density at radius 3 is 2.43 bits per heavy atom. The molecule has 23 heavy (non-hydrogen) atoms. The van der Waals surface area contributed by atoms with Crippen LogP contribution in [0.2, 0.25) is 0 Å². The van der Waals surface area contributed by atoms with E-state index in [0.717, 1.165) is 38.2 Å². The first kappa shape index (κ1) is 14.4. The van der Waals surface area contributed by atoms with Crippen molar-refractivity contribution < 1.29 is 14.6 Å². The number of aliphatic hydroxyl groups excluding tert-OH is 2. The average molecular weight is 308 g/mol. The molecule has 0 saturated carbocycles. The van der Waals surface area contributed by atoms with Gasteiger partial charge in [-0.05, 0) is 69.8 Å². The summed E-state index contributed by atoms with van der Waals surface area (Å²) in [5.74, 6) is -0.254. The highest BCUT2D eigenvalue weighted by molar-refractivity contribution is 6.08. The number of rotatable bonds is 0. The molecule has 0 radical (unpaired) electrons. The van der Waals surface area contributed by atoms with E-state index < -0.39 is 12.2 Å². The van der Waals surface area contributed by atoms with Crippen molar-refractivity contribution in [2.75, 3.05) is 0 Å². The summed E-state index contributed by atoms with van der Waals surface area (Å²) in [5.41, 5.74) is 3.71. The van der Waals surface area contributed by atoms with Gasteiger partial charge in [0.15, 0.2) is 0 Å². The van der Waals surface area contributed by atoms with Crippen molar-refractivity contribution in [3.63, 3.8) is 0 Å². The third-order valence-electron chi connectivity index (χ3n) is 4.95. The minimum Gasteiger partial charge on any atom is -0.386 e. The lowest BCUT2D eigenvalue weighted by molar-refractivity contribution is 0.0471. The first-order chi connectivity index (χ1) is 11.0. The Morgan fingerprint density at radius 1 is 0.913 bits per heavy atom. The van der Waals surface area contributed by atoms with Crippen molar-refractivity contribution in [3.8, 4) is 0 Å². The van der Waals surface area contributed by atoms with Gasteiger partial charge in [-0.3, -0.25) is 0 Å². The maximum absolute atomic E-state index is 13.7. The largest absolute Gasteiger partial charge is 0.386 e. The Balaban J connectivity index is 2.21. The van der Waals surface area contributed by atoms with Crippen LogP contribution in [0.1, 0.15) is 28.4 Å². The average Bonchev–Trinajstić information content (AvgIpc) is 2.55. The van der Waals surface area contributed by atoms with Crippen LogP contribution in [0.4, 0.5) is 4.39 Å². The molecule has 0 aromatic heterocycles. The van der Waals surface area contributed by atoms with E-state index in [1.54, 1.807) is 12.1 Å². The molecule has 0 aliphatic heterocycles. The van der Waals surface area contributed by atoms with E-state index >= 15 is 0 Å². The third kappa shape index (κ3) is 1.94. The zero-order valence-corrected chi connectivity index (χ0v) is 13.0. The molecule has 0 unspecified atom stereocenters. The van der Waals surface area contributed by atoms with E-state index in [2.05, 4.69) is 0 Å². The van der Waals surface area contributed by atoms with E-state index in [1.165, 1.54) is 6.07 Å². The summed E-state index contributed by atoms with van der Waals surface area (Å²) in [4.78, 5) is 0. The van der Waals surface area contributed by atoms with E-state index in [0.29, 0.717) is 5.56 Å². The van der Waals surface area contributed by atoms with Crippen LogP contribution in [0.3, 0.4) is 0 Å². The van der Waals surface area contributed by atoms with Crippen molar-refractivity contribution in [2.45, 2.75) is 26.1 Å². The van der Waals surface area contributed by atoms with Crippen molar-refractivity contribution >= 4 is 27.6 Å². The highest BCUT2D eigenvalue weighted by Gasteiger charge is 2.25. The predicted molar refractivity (Wildman–Crippen MR) is 90.9 cm³/mol. The summed E-state index contributed by atoms with van der Waals surface area (Å²) in [6.07, 6.45) is 1.64. The second kappa shape index (κ2) is 4.88. The number of hydrogen-bond donors (Lipinski definition) is 2. The number of fused-ring (bicyclic) bond motifs is 4. The lowest BCUT2D eigenvalue weighted by Gasteiger charge is -2.24. The van der Waals surface area contributed by atoms with Gasteiger partial charge in [-0.25, -0.2) is 4.39 Å². The van der Waals surface area contributed by atoms with Crippen LogP contribution in [0.15, 0.2) is 36.4 Å². The summed E-state index contributed by atoms with van der Waals surface area (Å²) in [7, 11) is 0. The van der Waals surface area contributed by atoms with Crippen molar-refractivity contribution in [3.05, 3.63) is 64.5 Å². The Hall–Kier alpha value is -2.23. The summed E-state index contributed by atoms with van der Waals surface area (Å²) in [6, 6.07) is 8.72. The van der Waals surface area contributed by atoms with Crippen LogP contribution >= 0.6 is 0 Å². The van der Waals surface area contributed by atoms with Crippen LogP contribution in [-0.4, -0.2) is 16.3 Å². The number of halogens is 1. The molecule has 0 amide bonds. The van der Waals surface area contributed by atoms with Crippen molar-refractivity contribution in [2.24, 2.45) is 0 Å². The van der Waals surface area contributed by atoms with E-state index in [9.17, 15) is 14.6 Å². The molecule has 0 heterocycles. The van der Waals surface area contributed by atoms with E-state index in [1.807, 2.05) is 38.1 Å². The van der Waals surface area contributed by atoms with Crippen LogP contribution in [-0.2, 0) is 0 Å². The molecular formula is C20H17FO2. The molecule has 2 N–H and O–H groups in total. The van der Waals surface area contributed by atoms with Crippen molar-refractivity contribution in [1.29, 1.82) is 0 Å². The second-order valence-corrected chi connectivity index (χ2v) is 6.23. The van der Waals surface area contributed by atoms with Crippen LogP contribution in [0.25, 0.3) is 27.6 Å². The quantitative estimate of drug-likeness (QED) is 0.612.